The van der Waals surface area contributed by atoms with Gasteiger partial charge in [-0.15, -0.1) is 0 Å². The minimum absolute atomic E-state index is 0.0868. The van der Waals surface area contributed by atoms with Gasteiger partial charge in [0.05, 0.1) is 6.54 Å². The van der Waals surface area contributed by atoms with Crippen LogP contribution in [0.4, 0.5) is 4.79 Å². The van der Waals surface area contributed by atoms with Crippen LogP contribution in [0.1, 0.15) is 13.3 Å². The average molecular weight is 275 g/mol. The van der Waals surface area contributed by atoms with Crippen LogP contribution in [0.2, 0.25) is 0 Å². The molecule has 8 nitrogen and oxygen atoms in total. The quantitative estimate of drug-likeness (QED) is 0.540. The van der Waals surface area contributed by atoms with Crippen LogP contribution in [0.3, 0.4) is 0 Å². The van der Waals surface area contributed by atoms with Gasteiger partial charge in [-0.1, -0.05) is 6.92 Å². The molecule has 1 atom stereocenters. The molecule has 0 saturated heterocycles. The highest BCUT2D eigenvalue weighted by molar-refractivity contribution is 5.84. The van der Waals surface area contributed by atoms with Gasteiger partial charge in [0, 0.05) is 20.7 Å². The standard InChI is InChI=1S/C11H21N3O5/c1-4-5-12-9(15)7-14(2)11(18)13-6-8(19-3)10(16)17/h8H,4-7H2,1-3H3,(H,12,15)(H,13,18)(H,16,17). The molecule has 0 aliphatic carbocycles. The van der Waals surface area contributed by atoms with Crippen LogP contribution in [0.5, 0.6) is 0 Å². The molecule has 0 saturated carbocycles. The molecule has 110 valence electrons. The van der Waals surface area contributed by atoms with Gasteiger partial charge >= 0.3 is 12.0 Å². The van der Waals surface area contributed by atoms with Gasteiger partial charge in [0.25, 0.3) is 0 Å². The first-order valence-corrected chi connectivity index (χ1v) is 5.93. The number of methoxy groups -OCH3 is 1. The number of rotatable bonds is 8. The summed E-state index contributed by atoms with van der Waals surface area (Å²) in [6, 6.07) is -0.532. The van der Waals surface area contributed by atoms with Crippen molar-refractivity contribution in [3.63, 3.8) is 0 Å². The third-order valence-corrected chi connectivity index (χ3v) is 2.30. The number of carboxylic acids is 1. The number of carboxylic acid groups (broad SMARTS) is 1. The zero-order valence-electron chi connectivity index (χ0n) is 11.4. The predicted octanol–water partition coefficient (Wildman–Crippen LogP) is -0.746. The van der Waals surface area contributed by atoms with E-state index >= 15 is 0 Å². The summed E-state index contributed by atoms with van der Waals surface area (Å²) >= 11 is 0. The number of nitrogens with zero attached hydrogens (tertiary/aromatic N) is 1. The molecule has 0 aromatic rings. The summed E-state index contributed by atoms with van der Waals surface area (Å²) in [7, 11) is 2.69. The Bertz CT molecular complexity index is 321. The molecule has 0 spiro atoms. The molecule has 19 heavy (non-hydrogen) atoms. The number of nitrogens with one attached hydrogen (secondary N) is 2. The summed E-state index contributed by atoms with van der Waals surface area (Å²) in [5, 5.41) is 13.7. The van der Waals surface area contributed by atoms with Gasteiger partial charge in [-0.05, 0) is 6.42 Å². The van der Waals surface area contributed by atoms with Crippen LogP contribution in [0.25, 0.3) is 0 Å². The lowest BCUT2D eigenvalue weighted by Crippen LogP contribution is -2.46. The first-order valence-electron chi connectivity index (χ1n) is 5.93. The maximum Gasteiger partial charge on any atom is 0.334 e. The van der Waals surface area contributed by atoms with E-state index in [0.29, 0.717) is 6.54 Å². The summed E-state index contributed by atoms with van der Waals surface area (Å²) < 4.78 is 4.66. The number of ether oxygens (including phenoxy) is 1. The molecule has 0 rings (SSSR count). The lowest BCUT2D eigenvalue weighted by Gasteiger charge is -2.19. The fourth-order valence-electron chi connectivity index (χ4n) is 1.19. The van der Waals surface area contributed by atoms with E-state index in [2.05, 4.69) is 15.4 Å². The van der Waals surface area contributed by atoms with Crippen LogP contribution < -0.4 is 10.6 Å². The predicted molar refractivity (Wildman–Crippen MR) is 67.8 cm³/mol. The van der Waals surface area contributed by atoms with Gasteiger partial charge in [-0.3, -0.25) is 4.79 Å². The average Bonchev–Trinajstić information content (AvgIpc) is 2.36. The third-order valence-electron chi connectivity index (χ3n) is 2.30. The molecule has 0 radical (unpaired) electrons. The maximum atomic E-state index is 11.6. The monoisotopic (exact) mass is 275 g/mol. The topological polar surface area (TPSA) is 108 Å². The van der Waals surface area contributed by atoms with E-state index in [1.54, 1.807) is 0 Å². The highest BCUT2D eigenvalue weighted by atomic mass is 16.5. The summed E-state index contributed by atoms with van der Waals surface area (Å²) in [4.78, 5) is 34.8. The lowest BCUT2D eigenvalue weighted by atomic mass is 10.3. The molecule has 0 aromatic carbocycles. The van der Waals surface area contributed by atoms with E-state index in [9.17, 15) is 14.4 Å². The molecule has 8 heteroatoms. The van der Waals surface area contributed by atoms with Crippen LogP contribution in [-0.4, -0.2) is 67.8 Å². The van der Waals surface area contributed by atoms with Crippen molar-refractivity contribution in [1.82, 2.24) is 15.5 Å². The molecule has 0 fully saturated rings. The van der Waals surface area contributed by atoms with E-state index in [4.69, 9.17) is 5.11 Å². The summed E-state index contributed by atoms with van der Waals surface area (Å²) in [5.74, 6) is -1.42. The van der Waals surface area contributed by atoms with Crippen molar-refractivity contribution in [3.8, 4) is 0 Å². The number of aliphatic carboxylic acids is 1. The van der Waals surface area contributed by atoms with Crippen LogP contribution >= 0.6 is 0 Å². The van der Waals surface area contributed by atoms with Crippen molar-refractivity contribution in [2.45, 2.75) is 19.4 Å². The number of carbonyl (C=O) groups excluding carboxylic acids is 2. The highest BCUT2D eigenvalue weighted by Gasteiger charge is 2.19. The van der Waals surface area contributed by atoms with E-state index in [1.807, 2.05) is 6.92 Å². The van der Waals surface area contributed by atoms with Crippen molar-refractivity contribution >= 4 is 17.9 Å². The van der Waals surface area contributed by atoms with Crippen LogP contribution in [0, 0.1) is 0 Å². The van der Waals surface area contributed by atoms with E-state index in [-0.39, 0.29) is 19.0 Å². The normalized spacial score (nSPS) is 11.5. The van der Waals surface area contributed by atoms with Crippen molar-refractivity contribution in [2.24, 2.45) is 0 Å². The van der Waals surface area contributed by atoms with Gasteiger partial charge in [0.15, 0.2) is 6.10 Å². The number of urea groups is 1. The Morgan fingerprint density at radius 2 is 1.95 bits per heavy atom. The van der Waals surface area contributed by atoms with Crippen molar-refractivity contribution < 1.29 is 24.2 Å². The fraction of sp³-hybridized carbons (Fsp3) is 0.727. The number of hydrogen-bond acceptors (Lipinski definition) is 4. The second kappa shape index (κ2) is 9.15. The Hall–Kier alpha value is -1.83. The highest BCUT2D eigenvalue weighted by Crippen LogP contribution is 1.90. The zero-order chi connectivity index (χ0) is 14.8. The van der Waals surface area contributed by atoms with Crippen molar-refractivity contribution in [2.75, 3.05) is 33.8 Å². The molecule has 0 heterocycles. The first kappa shape index (κ1) is 17.2. The Labute approximate surface area is 112 Å². The number of hydrogen-bond donors (Lipinski definition) is 3. The second-order valence-electron chi connectivity index (χ2n) is 3.95. The van der Waals surface area contributed by atoms with Gasteiger partial charge in [-0.25, -0.2) is 9.59 Å². The molecule has 3 amide bonds. The molecule has 0 bridgehead atoms. The summed E-state index contributed by atoms with van der Waals surface area (Å²) in [5.41, 5.74) is 0. The van der Waals surface area contributed by atoms with E-state index < -0.39 is 18.1 Å². The van der Waals surface area contributed by atoms with Crippen LogP contribution in [0.15, 0.2) is 0 Å². The first-order chi connectivity index (χ1) is 8.92. The SMILES string of the molecule is CCCNC(=O)CN(C)C(=O)NCC(OC)C(=O)O. The van der Waals surface area contributed by atoms with Gasteiger partial charge < -0.3 is 25.4 Å². The van der Waals surface area contributed by atoms with E-state index in [1.165, 1.54) is 19.1 Å². The maximum absolute atomic E-state index is 11.6. The molecule has 3 N–H and O–H groups in total. The molecule has 0 aliphatic rings. The Morgan fingerprint density at radius 1 is 1.32 bits per heavy atom. The molecular weight excluding hydrogens is 254 g/mol. The zero-order valence-corrected chi connectivity index (χ0v) is 11.4. The van der Waals surface area contributed by atoms with Gasteiger partial charge in [-0.2, -0.15) is 0 Å². The van der Waals surface area contributed by atoms with Gasteiger partial charge in [0.2, 0.25) is 5.91 Å². The second-order valence-corrected chi connectivity index (χ2v) is 3.95. The molecule has 1 unspecified atom stereocenters. The third kappa shape index (κ3) is 7.24. The molecule has 0 aliphatic heterocycles. The number of carbonyl (C=O) groups is 3. The van der Waals surface area contributed by atoms with E-state index in [0.717, 1.165) is 6.42 Å². The fourth-order valence-corrected chi connectivity index (χ4v) is 1.19. The molecular formula is C11H21N3O5. The number of likely N-dealkylation sites (N-methyl/N-ethyl adjacent to an activating group) is 1. The largest absolute Gasteiger partial charge is 0.479 e. The van der Waals surface area contributed by atoms with Crippen LogP contribution in [-0.2, 0) is 14.3 Å². The molecule has 0 aromatic heterocycles. The minimum atomic E-state index is -1.16. The number of amides is 3. The summed E-state index contributed by atoms with van der Waals surface area (Å²) in [6.07, 6.45) is -0.290. The Kier molecular flexibility index (Phi) is 8.27. The Balaban J connectivity index is 4.06. The van der Waals surface area contributed by atoms with Gasteiger partial charge in [0.1, 0.15) is 6.54 Å². The minimum Gasteiger partial charge on any atom is -0.479 e. The van der Waals surface area contributed by atoms with Crippen molar-refractivity contribution in [3.05, 3.63) is 0 Å². The summed E-state index contributed by atoms with van der Waals surface area (Å²) in [6.45, 7) is 2.23. The Morgan fingerprint density at radius 3 is 2.42 bits per heavy atom. The smallest absolute Gasteiger partial charge is 0.334 e. The van der Waals surface area contributed by atoms with Crippen molar-refractivity contribution in [1.29, 1.82) is 0 Å². The lowest BCUT2D eigenvalue weighted by molar-refractivity contribution is -0.148.